The van der Waals surface area contributed by atoms with Gasteiger partial charge in [0.15, 0.2) is 0 Å². The highest BCUT2D eigenvalue weighted by Crippen LogP contribution is 2.28. The highest BCUT2D eigenvalue weighted by atomic mass is 19.1. The van der Waals surface area contributed by atoms with E-state index in [4.69, 9.17) is 9.47 Å². The zero-order chi connectivity index (χ0) is 14.8. The van der Waals surface area contributed by atoms with Crippen LogP contribution >= 0.6 is 0 Å². The van der Waals surface area contributed by atoms with E-state index in [-0.39, 0.29) is 22.9 Å². The van der Waals surface area contributed by atoms with Gasteiger partial charge in [0.2, 0.25) is 0 Å². The van der Waals surface area contributed by atoms with Gasteiger partial charge in [-0.25, -0.2) is 13.6 Å². The summed E-state index contributed by atoms with van der Waals surface area (Å²) in [7, 11) is 0. The van der Waals surface area contributed by atoms with E-state index in [1.54, 1.807) is 0 Å². The summed E-state index contributed by atoms with van der Waals surface area (Å²) in [5, 5.41) is 6.13. The van der Waals surface area contributed by atoms with E-state index in [9.17, 15) is 13.6 Å². The number of carbonyl (C=O) groups excluding carboxylic acids is 1. The SMILES string of the molecule is O=C(O[C@@H]1CCOC1)c1cn[nH]c1-c1c(F)cccc1F. The summed E-state index contributed by atoms with van der Waals surface area (Å²) < 4.78 is 37.9. The second kappa shape index (κ2) is 5.61. The maximum Gasteiger partial charge on any atom is 0.342 e. The molecule has 2 aromatic rings. The molecule has 0 saturated carbocycles. The van der Waals surface area contributed by atoms with Gasteiger partial charge in [-0.2, -0.15) is 5.10 Å². The average Bonchev–Trinajstić information content (AvgIpc) is 3.09. The Kier molecular flexibility index (Phi) is 3.66. The lowest BCUT2D eigenvalue weighted by molar-refractivity contribution is 0.0271. The first kappa shape index (κ1) is 13.7. The standard InChI is InChI=1S/C14H12F2N2O3/c15-10-2-1-3-11(16)12(10)13-9(6-17-18-13)14(19)21-8-4-5-20-7-8/h1-3,6,8H,4-5,7H2,(H,17,18)/t8-/m1/s1. The Bertz CT molecular complexity index is 646. The van der Waals surface area contributed by atoms with Crippen LogP contribution in [0.1, 0.15) is 16.8 Å². The first-order chi connectivity index (χ1) is 10.2. The maximum atomic E-state index is 13.8. The molecule has 1 saturated heterocycles. The minimum absolute atomic E-state index is 0.00843. The fraction of sp³-hybridized carbons (Fsp3) is 0.286. The predicted molar refractivity (Wildman–Crippen MR) is 68.6 cm³/mol. The molecule has 1 atom stereocenters. The molecular weight excluding hydrogens is 282 g/mol. The summed E-state index contributed by atoms with van der Waals surface area (Å²) in [6, 6.07) is 3.47. The first-order valence-electron chi connectivity index (χ1n) is 6.43. The van der Waals surface area contributed by atoms with Gasteiger partial charge in [0.25, 0.3) is 0 Å². The van der Waals surface area contributed by atoms with Crippen molar-refractivity contribution in [2.75, 3.05) is 13.2 Å². The van der Waals surface area contributed by atoms with Crippen molar-refractivity contribution in [3.05, 3.63) is 41.6 Å². The maximum absolute atomic E-state index is 13.8. The number of benzene rings is 1. The lowest BCUT2D eigenvalue weighted by Crippen LogP contribution is -2.18. The third-order valence-corrected chi connectivity index (χ3v) is 3.23. The Hall–Kier alpha value is -2.28. The number of hydrogen-bond donors (Lipinski definition) is 1. The van der Waals surface area contributed by atoms with Gasteiger partial charge in [-0.3, -0.25) is 5.10 Å². The van der Waals surface area contributed by atoms with Crippen LogP contribution in [-0.4, -0.2) is 35.5 Å². The normalized spacial score (nSPS) is 17.9. The number of nitrogens with zero attached hydrogens (tertiary/aromatic N) is 1. The van der Waals surface area contributed by atoms with Crippen LogP contribution < -0.4 is 0 Å². The molecule has 0 aliphatic carbocycles. The third-order valence-electron chi connectivity index (χ3n) is 3.23. The molecule has 21 heavy (non-hydrogen) atoms. The quantitative estimate of drug-likeness (QED) is 0.882. The first-order valence-corrected chi connectivity index (χ1v) is 6.43. The molecule has 1 N–H and O–H groups in total. The second-order valence-corrected chi connectivity index (χ2v) is 4.65. The van der Waals surface area contributed by atoms with Gasteiger partial charge in [-0.1, -0.05) is 6.07 Å². The van der Waals surface area contributed by atoms with Crippen LogP contribution in [-0.2, 0) is 9.47 Å². The molecule has 1 aliphatic heterocycles. The van der Waals surface area contributed by atoms with E-state index in [2.05, 4.69) is 10.2 Å². The minimum Gasteiger partial charge on any atom is -0.456 e. The summed E-state index contributed by atoms with van der Waals surface area (Å²) in [6.45, 7) is 0.852. The fourth-order valence-corrected chi connectivity index (χ4v) is 2.19. The van der Waals surface area contributed by atoms with Crippen molar-refractivity contribution in [3.63, 3.8) is 0 Å². The Morgan fingerprint density at radius 1 is 1.38 bits per heavy atom. The molecule has 110 valence electrons. The predicted octanol–water partition coefficient (Wildman–Crippen LogP) is 2.30. The number of nitrogens with one attached hydrogen (secondary N) is 1. The molecule has 3 rings (SSSR count). The Labute approximate surface area is 118 Å². The number of carbonyl (C=O) groups is 1. The van der Waals surface area contributed by atoms with E-state index in [0.29, 0.717) is 19.6 Å². The summed E-state index contributed by atoms with van der Waals surface area (Å²) in [4.78, 5) is 12.1. The van der Waals surface area contributed by atoms with Crippen molar-refractivity contribution in [1.82, 2.24) is 10.2 Å². The minimum atomic E-state index is -0.780. The summed E-state index contributed by atoms with van der Waals surface area (Å²) in [5.74, 6) is -2.24. The van der Waals surface area contributed by atoms with Gasteiger partial charge >= 0.3 is 5.97 Å². The molecule has 0 radical (unpaired) electrons. The molecule has 1 aromatic heterocycles. The Balaban J connectivity index is 1.91. The lowest BCUT2D eigenvalue weighted by Gasteiger charge is -2.10. The van der Waals surface area contributed by atoms with Gasteiger partial charge in [0.1, 0.15) is 23.3 Å². The van der Waals surface area contributed by atoms with Crippen LogP contribution in [0.25, 0.3) is 11.3 Å². The average molecular weight is 294 g/mol. The summed E-state index contributed by atoms with van der Waals surface area (Å²) in [6.07, 6.45) is 1.46. The molecule has 0 amide bonds. The number of esters is 1. The van der Waals surface area contributed by atoms with Gasteiger partial charge in [0, 0.05) is 6.42 Å². The van der Waals surface area contributed by atoms with Gasteiger partial charge in [-0.05, 0) is 12.1 Å². The molecule has 1 aliphatic rings. The van der Waals surface area contributed by atoms with Gasteiger partial charge in [0.05, 0.1) is 30.7 Å². The van der Waals surface area contributed by atoms with Crippen LogP contribution in [0, 0.1) is 11.6 Å². The molecule has 0 unspecified atom stereocenters. The molecule has 1 fully saturated rings. The van der Waals surface area contributed by atoms with E-state index in [1.807, 2.05) is 0 Å². The molecule has 2 heterocycles. The number of aromatic nitrogens is 2. The second-order valence-electron chi connectivity index (χ2n) is 4.65. The number of aromatic amines is 1. The van der Waals surface area contributed by atoms with Crippen molar-refractivity contribution < 1.29 is 23.0 Å². The van der Waals surface area contributed by atoms with Crippen LogP contribution in [0.2, 0.25) is 0 Å². The largest absolute Gasteiger partial charge is 0.456 e. The van der Waals surface area contributed by atoms with Gasteiger partial charge in [-0.15, -0.1) is 0 Å². The fourth-order valence-electron chi connectivity index (χ4n) is 2.19. The summed E-state index contributed by atoms with van der Waals surface area (Å²) >= 11 is 0. The molecule has 0 bridgehead atoms. The van der Waals surface area contributed by atoms with E-state index in [0.717, 1.165) is 12.1 Å². The lowest BCUT2D eigenvalue weighted by atomic mass is 10.1. The van der Waals surface area contributed by atoms with E-state index >= 15 is 0 Å². The van der Waals surface area contributed by atoms with Crippen molar-refractivity contribution in [3.8, 4) is 11.3 Å². The topological polar surface area (TPSA) is 64.2 Å². The molecule has 5 nitrogen and oxygen atoms in total. The Morgan fingerprint density at radius 2 is 2.14 bits per heavy atom. The van der Waals surface area contributed by atoms with Gasteiger partial charge < -0.3 is 9.47 Å². The number of H-pyrrole nitrogens is 1. The molecule has 0 spiro atoms. The number of halogens is 2. The Morgan fingerprint density at radius 3 is 2.81 bits per heavy atom. The van der Waals surface area contributed by atoms with E-state index in [1.165, 1.54) is 12.3 Å². The zero-order valence-electron chi connectivity index (χ0n) is 10.9. The van der Waals surface area contributed by atoms with Crippen molar-refractivity contribution in [2.45, 2.75) is 12.5 Å². The zero-order valence-corrected chi connectivity index (χ0v) is 10.9. The highest BCUT2D eigenvalue weighted by molar-refractivity contribution is 5.96. The number of hydrogen-bond acceptors (Lipinski definition) is 4. The van der Waals surface area contributed by atoms with Crippen molar-refractivity contribution in [1.29, 1.82) is 0 Å². The van der Waals surface area contributed by atoms with Crippen LogP contribution in [0.5, 0.6) is 0 Å². The monoisotopic (exact) mass is 294 g/mol. The smallest absolute Gasteiger partial charge is 0.342 e. The van der Waals surface area contributed by atoms with Crippen molar-refractivity contribution >= 4 is 5.97 Å². The molecule has 7 heteroatoms. The summed E-state index contributed by atoms with van der Waals surface area (Å²) in [5.41, 5.74) is -0.370. The molecular formula is C14H12F2N2O3. The van der Waals surface area contributed by atoms with Crippen LogP contribution in [0.15, 0.2) is 24.4 Å². The third kappa shape index (κ3) is 2.64. The van der Waals surface area contributed by atoms with E-state index < -0.39 is 17.6 Å². The number of rotatable bonds is 3. The van der Waals surface area contributed by atoms with Crippen LogP contribution in [0.4, 0.5) is 8.78 Å². The highest BCUT2D eigenvalue weighted by Gasteiger charge is 2.25. The molecule has 1 aromatic carbocycles. The van der Waals surface area contributed by atoms with Crippen LogP contribution in [0.3, 0.4) is 0 Å². The number of ether oxygens (including phenoxy) is 2. The van der Waals surface area contributed by atoms with Crippen molar-refractivity contribution in [2.24, 2.45) is 0 Å².